The van der Waals surface area contributed by atoms with Crippen LogP contribution >= 0.6 is 23.2 Å². The fourth-order valence-corrected chi connectivity index (χ4v) is 2.98. The van der Waals surface area contributed by atoms with Gasteiger partial charge in [0.2, 0.25) is 0 Å². The summed E-state index contributed by atoms with van der Waals surface area (Å²) in [5.74, 6) is 0. The number of halogens is 2. The van der Waals surface area contributed by atoms with E-state index in [0.717, 1.165) is 38.3 Å². The first-order chi connectivity index (χ1) is 9.17. The lowest BCUT2D eigenvalue weighted by Crippen LogP contribution is -2.51. The molecular weight excluding hydrogens is 283 g/mol. The van der Waals surface area contributed by atoms with Gasteiger partial charge in [-0.2, -0.15) is 0 Å². The average Bonchev–Trinajstić information content (AvgIpc) is 2.44. The van der Waals surface area contributed by atoms with Crippen LogP contribution in [0.3, 0.4) is 0 Å². The lowest BCUT2D eigenvalue weighted by atomic mass is 10.1. The van der Waals surface area contributed by atoms with E-state index in [1.54, 1.807) is 0 Å². The van der Waals surface area contributed by atoms with Gasteiger partial charge in [0.05, 0.1) is 22.3 Å². The maximum absolute atomic E-state index is 9.35. The van der Waals surface area contributed by atoms with E-state index in [9.17, 15) is 5.11 Å². The summed E-state index contributed by atoms with van der Waals surface area (Å²) in [7, 11) is 0. The fourth-order valence-electron chi connectivity index (χ4n) is 2.57. The predicted molar refractivity (Wildman–Crippen MR) is 81.4 cm³/mol. The van der Waals surface area contributed by atoms with E-state index in [0.29, 0.717) is 10.0 Å². The molecule has 1 atom stereocenters. The molecular formula is C14H20Cl2N2O. The Morgan fingerprint density at radius 3 is 2.47 bits per heavy atom. The fraction of sp³-hybridized carbons (Fsp3) is 0.571. The number of anilines is 1. The summed E-state index contributed by atoms with van der Waals surface area (Å²) in [6, 6.07) is 6.02. The van der Waals surface area contributed by atoms with Crippen molar-refractivity contribution in [3.63, 3.8) is 0 Å². The summed E-state index contributed by atoms with van der Waals surface area (Å²) >= 11 is 12.3. The minimum Gasteiger partial charge on any atom is -0.395 e. The van der Waals surface area contributed by atoms with E-state index < -0.39 is 0 Å². The zero-order valence-electron chi connectivity index (χ0n) is 11.1. The highest BCUT2D eigenvalue weighted by atomic mass is 35.5. The van der Waals surface area contributed by atoms with Crippen LogP contribution in [0.1, 0.15) is 13.3 Å². The number of rotatable bonds is 4. The highest BCUT2D eigenvalue weighted by molar-refractivity contribution is 6.43. The van der Waals surface area contributed by atoms with Gasteiger partial charge in [0.1, 0.15) is 0 Å². The maximum atomic E-state index is 9.35. The Kier molecular flexibility index (Phi) is 5.34. The molecule has 1 fully saturated rings. The third kappa shape index (κ3) is 3.34. The Labute approximate surface area is 124 Å². The molecule has 0 radical (unpaired) electrons. The maximum Gasteiger partial charge on any atom is 0.0825 e. The van der Waals surface area contributed by atoms with E-state index >= 15 is 0 Å². The third-order valence-electron chi connectivity index (χ3n) is 3.78. The Morgan fingerprint density at radius 1 is 1.21 bits per heavy atom. The smallest absolute Gasteiger partial charge is 0.0825 e. The van der Waals surface area contributed by atoms with Crippen LogP contribution in [0.25, 0.3) is 0 Å². The van der Waals surface area contributed by atoms with Crippen LogP contribution in [-0.4, -0.2) is 48.8 Å². The summed E-state index contributed by atoms with van der Waals surface area (Å²) in [4.78, 5) is 4.60. The number of hydrogen-bond acceptors (Lipinski definition) is 3. The van der Waals surface area contributed by atoms with Crippen LogP contribution in [0, 0.1) is 0 Å². The molecule has 1 saturated heterocycles. The minimum atomic E-state index is 0.231. The first kappa shape index (κ1) is 14.9. The Bertz CT molecular complexity index is 416. The molecule has 5 heteroatoms. The molecule has 1 N–H and O–H groups in total. The summed E-state index contributed by atoms with van der Waals surface area (Å²) < 4.78 is 0. The molecule has 19 heavy (non-hydrogen) atoms. The summed E-state index contributed by atoms with van der Waals surface area (Å²) in [5, 5.41) is 10.6. The summed E-state index contributed by atoms with van der Waals surface area (Å²) in [6.45, 7) is 6.06. The molecule has 0 bridgehead atoms. The number of aliphatic hydroxyl groups is 1. The van der Waals surface area contributed by atoms with Crippen molar-refractivity contribution in [1.82, 2.24) is 4.90 Å². The van der Waals surface area contributed by atoms with Crippen molar-refractivity contribution in [2.75, 3.05) is 37.7 Å². The molecule has 0 aliphatic carbocycles. The minimum absolute atomic E-state index is 0.231. The standard InChI is InChI=1S/C14H20Cl2N2O/c1-2-11(10-19)17-6-8-18(9-7-17)13-5-3-4-12(15)14(13)16/h3-5,11,19H,2,6-10H2,1H3. The van der Waals surface area contributed by atoms with Crippen molar-refractivity contribution in [1.29, 1.82) is 0 Å². The molecule has 106 valence electrons. The predicted octanol–water partition coefficient (Wildman–Crippen LogP) is 2.89. The van der Waals surface area contributed by atoms with E-state index in [-0.39, 0.29) is 12.6 Å². The largest absolute Gasteiger partial charge is 0.395 e. The van der Waals surface area contributed by atoms with Gasteiger partial charge in [-0.1, -0.05) is 36.2 Å². The van der Waals surface area contributed by atoms with Crippen LogP contribution in [-0.2, 0) is 0 Å². The van der Waals surface area contributed by atoms with Gasteiger partial charge in [0.15, 0.2) is 0 Å². The normalized spacial score (nSPS) is 18.6. The number of hydrogen-bond donors (Lipinski definition) is 1. The lowest BCUT2D eigenvalue weighted by Gasteiger charge is -2.39. The van der Waals surface area contributed by atoms with Crippen molar-refractivity contribution in [3.8, 4) is 0 Å². The van der Waals surface area contributed by atoms with Gasteiger partial charge in [-0.05, 0) is 18.6 Å². The van der Waals surface area contributed by atoms with Gasteiger partial charge >= 0.3 is 0 Å². The molecule has 2 rings (SSSR count). The summed E-state index contributed by atoms with van der Waals surface area (Å²) in [6.07, 6.45) is 0.981. The van der Waals surface area contributed by atoms with E-state index in [2.05, 4.69) is 16.7 Å². The molecule has 1 aromatic rings. The second-order valence-corrected chi connectivity index (χ2v) is 5.63. The van der Waals surface area contributed by atoms with Crippen molar-refractivity contribution >= 4 is 28.9 Å². The van der Waals surface area contributed by atoms with Crippen LogP contribution in [0.4, 0.5) is 5.69 Å². The van der Waals surface area contributed by atoms with Crippen LogP contribution in [0.2, 0.25) is 10.0 Å². The monoisotopic (exact) mass is 302 g/mol. The Balaban J connectivity index is 2.02. The molecule has 1 aromatic carbocycles. The van der Waals surface area contributed by atoms with Crippen molar-refractivity contribution in [3.05, 3.63) is 28.2 Å². The topological polar surface area (TPSA) is 26.7 Å². The van der Waals surface area contributed by atoms with Crippen LogP contribution in [0.5, 0.6) is 0 Å². The first-order valence-electron chi connectivity index (χ1n) is 6.71. The molecule has 0 aromatic heterocycles. The second-order valence-electron chi connectivity index (χ2n) is 4.84. The van der Waals surface area contributed by atoms with Gasteiger partial charge < -0.3 is 10.0 Å². The van der Waals surface area contributed by atoms with Crippen molar-refractivity contribution < 1.29 is 5.11 Å². The molecule has 0 spiro atoms. The number of aliphatic hydroxyl groups excluding tert-OH is 1. The number of benzene rings is 1. The van der Waals surface area contributed by atoms with Crippen molar-refractivity contribution in [2.45, 2.75) is 19.4 Å². The molecule has 1 unspecified atom stereocenters. The van der Waals surface area contributed by atoms with Gasteiger partial charge in [0, 0.05) is 32.2 Å². The second kappa shape index (κ2) is 6.80. The molecule has 3 nitrogen and oxygen atoms in total. The van der Waals surface area contributed by atoms with Crippen LogP contribution < -0.4 is 4.90 Å². The Hall–Kier alpha value is -0.480. The SMILES string of the molecule is CCC(CO)N1CCN(c2cccc(Cl)c2Cl)CC1. The molecule has 1 aliphatic rings. The Morgan fingerprint density at radius 2 is 1.89 bits per heavy atom. The number of nitrogens with zero attached hydrogens (tertiary/aromatic N) is 2. The van der Waals surface area contributed by atoms with E-state index in [1.807, 2.05) is 18.2 Å². The summed E-state index contributed by atoms with van der Waals surface area (Å²) in [5.41, 5.74) is 1.01. The van der Waals surface area contributed by atoms with Gasteiger partial charge in [-0.3, -0.25) is 4.90 Å². The third-order valence-corrected chi connectivity index (χ3v) is 4.59. The highest BCUT2D eigenvalue weighted by Gasteiger charge is 2.23. The van der Waals surface area contributed by atoms with E-state index in [4.69, 9.17) is 23.2 Å². The number of piperazine rings is 1. The highest BCUT2D eigenvalue weighted by Crippen LogP contribution is 2.33. The molecule has 0 amide bonds. The molecule has 0 saturated carbocycles. The average molecular weight is 303 g/mol. The zero-order valence-corrected chi connectivity index (χ0v) is 12.7. The lowest BCUT2D eigenvalue weighted by molar-refractivity contribution is 0.114. The van der Waals surface area contributed by atoms with Gasteiger partial charge in [-0.25, -0.2) is 0 Å². The van der Waals surface area contributed by atoms with Gasteiger partial charge in [0.25, 0.3) is 0 Å². The van der Waals surface area contributed by atoms with Gasteiger partial charge in [-0.15, -0.1) is 0 Å². The van der Waals surface area contributed by atoms with Crippen LogP contribution in [0.15, 0.2) is 18.2 Å². The quantitative estimate of drug-likeness (QED) is 0.926. The molecule has 1 aliphatic heterocycles. The first-order valence-corrected chi connectivity index (χ1v) is 7.46. The molecule has 1 heterocycles. The zero-order chi connectivity index (χ0) is 13.8. The van der Waals surface area contributed by atoms with E-state index in [1.165, 1.54) is 0 Å². The van der Waals surface area contributed by atoms with Crippen molar-refractivity contribution in [2.24, 2.45) is 0 Å².